The first-order chi connectivity index (χ1) is 8.24. The van der Waals surface area contributed by atoms with Crippen molar-refractivity contribution in [2.24, 2.45) is 0 Å². The Hall–Kier alpha value is -1.36. The predicted octanol–water partition coefficient (Wildman–Crippen LogP) is 1.24. The molecule has 0 bridgehead atoms. The maximum Gasteiger partial charge on any atom is 0.134 e. The smallest absolute Gasteiger partial charge is 0.134 e. The van der Waals surface area contributed by atoms with Crippen molar-refractivity contribution in [3.05, 3.63) is 11.9 Å². The monoisotopic (exact) mass is 236 g/mol. The van der Waals surface area contributed by atoms with E-state index in [1.54, 1.807) is 7.11 Å². The lowest BCUT2D eigenvalue weighted by atomic mass is 10.3. The second-order valence-electron chi connectivity index (χ2n) is 4.34. The molecule has 0 spiro atoms. The van der Waals surface area contributed by atoms with Gasteiger partial charge in [-0.2, -0.15) is 0 Å². The quantitative estimate of drug-likeness (QED) is 0.805. The van der Waals surface area contributed by atoms with Crippen LogP contribution in [0.1, 0.15) is 25.6 Å². The van der Waals surface area contributed by atoms with Crippen LogP contribution in [0, 0.1) is 0 Å². The maximum absolute atomic E-state index is 5.81. The Labute approximate surface area is 102 Å². The lowest BCUT2D eigenvalue weighted by Crippen LogP contribution is -2.30. The Balaban J connectivity index is 2.18. The van der Waals surface area contributed by atoms with Crippen LogP contribution in [0.2, 0.25) is 0 Å². The van der Waals surface area contributed by atoms with Gasteiger partial charge in [-0.05, 0) is 12.8 Å². The van der Waals surface area contributed by atoms with Gasteiger partial charge in [0.1, 0.15) is 17.5 Å². The van der Waals surface area contributed by atoms with E-state index in [0.717, 1.165) is 24.6 Å². The van der Waals surface area contributed by atoms with E-state index in [-0.39, 0.29) is 0 Å². The van der Waals surface area contributed by atoms with Gasteiger partial charge in [-0.25, -0.2) is 9.97 Å². The minimum Gasteiger partial charge on any atom is -0.384 e. The van der Waals surface area contributed by atoms with Gasteiger partial charge in [-0.15, -0.1) is 0 Å². The van der Waals surface area contributed by atoms with E-state index in [9.17, 15) is 0 Å². The van der Waals surface area contributed by atoms with Crippen molar-refractivity contribution in [3.8, 4) is 0 Å². The molecule has 5 heteroatoms. The van der Waals surface area contributed by atoms with Crippen LogP contribution in [0.25, 0.3) is 0 Å². The molecule has 1 aliphatic rings. The number of ether oxygens (including phenoxy) is 1. The van der Waals surface area contributed by atoms with Crippen LogP contribution in [-0.2, 0) is 11.2 Å². The van der Waals surface area contributed by atoms with Crippen LogP contribution >= 0.6 is 0 Å². The third kappa shape index (κ3) is 3.06. The maximum atomic E-state index is 5.81. The van der Waals surface area contributed by atoms with Crippen molar-refractivity contribution >= 4 is 11.6 Å². The van der Waals surface area contributed by atoms with Gasteiger partial charge in [0.25, 0.3) is 0 Å². The lowest BCUT2D eigenvalue weighted by molar-refractivity contribution is 0.204. The molecule has 0 radical (unpaired) electrons. The molecule has 0 aromatic carbocycles. The first-order valence-electron chi connectivity index (χ1n) is 6.13. The van der Waals surface area contributed by atoms with Crippen molar-refractivity contribution < 1.29 is 4.74 Å². The van der Waals surface area contributed by atoms with Gasteiger partial charge in [0.15, 0.2) is 0 Å². The second-order valence-corrected chi connectivity index (χ2v) is 4.34. The van der Waals surface area contributed by atoms with Gasteiger partial charge in [-0.1, -0.05) is 6.92 Å². The molecule has 0 saturated heterocycles. The highest BCUT2D eigenvalue weighted by molar-refractivity contribution is 5.48. The zero-order chi connectivity index (χ0) is 12.3. The van der Waals surface area contributed by atoms with E-state index in [0.29, 0.717) is 18.5 Å². The molecular formula is C12H20N4O. The average Bonchev–Trinajstić information content (AvgIpc) is 3.13. The molecule has 0 unspecified atom stereocenters. The number of nitrogens with zero attached hydrogens (tertiary/aromatic N) is 3. The van der Waals surface area contributed by atoms with E-state index in [1.165, 1.54) is 12.8 Å². The molecule has 2 N–H and O–H groups in total. The van der Waals surface area contributed by atoms with Crippen LogP contribution < -0.4 is 10.6 Å². The SMILES string of the molecule is CCc1nc(N)cc(N(CCOC)C2CC2)n1. The van der Waals surface area contributed by atoms with Gasteiger partial charge in [-0.3, -0.25) is 0 Å². The number of aryl methyl sites for hydroxylation is 1. The Morgan fingerprint density at radius 1 is 1.47 bits per heavy atom. The fourth-order valence-electron chi connectivity index (χ4n) is 1.87. The van der Waals surface area contributed by atoms with E-state index in [4.69, 9.17) is 10.5 Å². The summed E-state index contributed by atoms with van der Waals surface area (Å²) in [5.74, 6) is 2.30. The Bertz CT molecular complexity index is 379. The zero-order valence-electron chi connectivity index (χ0n) is 10.5. The fraction of sp³-hybridized carbons (Fsp3) is 0.667. The fourth-order valence-corrected chi connectivity index (χ4v) is 1.87. The number of aromatic nitrogens is 2. The number of methoxy groups -OCH3 is 1. The highest BCUT2D eigenvalue weighted by atomic mass is 16.5. The number of hydrogen-bond donors (Lipinski definition) is 1. The molecule has 1 aromatic heterocycles. The third-order valence-corrected chi connectivity index (χ3v) is 2.91. The molecule has 2 rings (SSSR count). The number of rotatable bonds is 6. The largest absolute Gasteiger partial charge is 0.384 e. The van der Waals surface area contributed by atoms with Gasteiger partial charge in [0, 0.05) is 32.2 Å². The molecule has 5 nitrogen and oxygen atoms in total. The molecule has 94 valence electrons. The predicted molar refractivity (Wildman–Crippen MR) is 68.1 cm³/mol. The number of nitrogen functional groups attached to an aromatic ring is 1. The lowest BCUT2D eigenvalue weighted by Gasteiger charge is -2.23. The van der Waals surface area contributed by atoms with Crippen LogP contribution in [0.4, 0.5) is 11.6 Å². The van der Waals surface area contributed by atoms with Crippen molar-refractivity contribution in [1.29, 1.82) is 0 Å². The minimum absolute atomic E-state index is 0.551. The highest BCUT2D eigenvalue weighted by Gasteiger charge is 2.30. The second kappa shape index (κ2) is 5.31. The molecule has 1 fully saturated rings. The first kappa shape index (κ1) is 12.1. The van der Waals surface area contributed by atoms with E-state index < -0.39 is 0 Å². The average molecular weight is 236 g/mol. The van der Waals surface area contributed by atoms with Gasteiger partial charge < -0.3 is 15.4 Å². The summed E-state index contributed by atoms with van der Waals surface area (Å²) in [6, 6.07) is 2.46. The molecule has 0 aliphatic heterocycles. The molecular weight excluding hydrogens is 216 g/mol. The van der Waals surface area contributed by atoms with Crippen molar-refractivity contribution in [2.45, 2.75) is 32.2 Å². The third-order valence-electron chi connectivity index (χ3n) is 2.91. The zero-order valence-corrected chi connectivity index (χ0v) is 10.5. The highest BCUT2D eigenvalue weighted by Crippen LogP contribution is 2.30. The van der Waals surface area contributed by atoms with Crippen molar-refractivity contribution in [3.63, 3.8) is 0 Å². The summed E-state index contributed by atoms with van der Waals surface area (Å²) in [6.45, 7) is 3.61. The topological polar surface area (TPSA) is 64.3 Å². The first-order valence-corrected chi connectivity index (χ1v) is 6.13. The summed E-state index contributed by atoms with van der Waals surface area (Å²) in [7, 11) is 1.72. The molecule has 1 aliphatic carbocycles. The molecule has 0 amide bonds. The number of nitrogens with two attached hydrogens (primary N) is 1. The van der Waals surface area contributed by atoms with Crippen molar-refractivity contribution in [1.82, 2.24) is 9.97 Å². The van der Waals surface area contributed by atoms with Crippen LogP contribution in [0.5, 0.6) is 0 Å². The Morgan fingerprint density at radius 3 is 2.82 bits per heavy atom. The molecule has 1 aromatic rings. The van der Waals surface area contributed by atoms with Crippen LogP contribution in [-0.4, -0.2) is 36.3 Å². The summed E-state index contributed by atoms with van der Waals surface area (Å²) in [4.78, 5) is 11.0. The van der Waals surface area contributed by atoms with Gasteiger partial charge in [0.2, 0.25) is 0 Å². The molecule has 1 saturated carbocycles. The van der Waals surface area contributed by atoms with Crippen LogP contribution in [0.3, 0.4) is 0 Å². The molecule has 17 heavy (non-hydrogen) atoms. The van der Waals surface area contributed by atoms with Crippen molar-refractivity contribution in [2.75, 3.05) is 30.9 Å². The normalized spacial score (nSPS) is 14.9. The molecule has 1 heterocycles. The number of hydrogen-bond acceptors (Lipinski definition) is 5. The minimum atomic E-state index is 0.551. The van der Waals surface area contributed by atoms with Crippen LogP contribution in [0.15, 0.2) is 6.07 Å². The summed E-state index contributed by atoms with van der Waals surface area (Å²) in [5, 5.41) is 0. The summed E-state index contributed by atoms with van der Waals surface area (Å²) in [5.41, 5.74) is 5.81. The van der Waals surface area contributed by atoms with E-state index in [2.05, 4.69) is 14.9 Å². The van der Waals surface area contributed by atoms with E-state index >= 15 is 0 Å². The number of anilines is 2. The summed E-state index contributed by atoms with van der Waals surface area (Å²) in [6.07, 6.45) is 3.27. The molecule has 0 atom stereocenters. The van der Waals surface area contributed by atoms with E-state index in [1.807, 2.05) is 13.0 Å². The van der Waals surface area contributed by atoms with Gasteiger partial charge >= 0.3 is 0 Å². The Kier molecular flexibility index (Phi) is 3.78. The summed E-state index contributed by atoms with van der Waals surface area (Å²) < 4.78 is 5.14. The van der Waals surface area contributed by atoms with Gasteiger partial charge in [0.05, 0.1) is 6.61 Å². The Morgan fingerprint density at radius 2 is 2.24 bits per heavy atom. The standard InChI is InChI=1S/C12H20N4O/c1-3-11-14-10(13)8-12(15-11)16(6-7-17-2)9-4-5-9/h8-9H,3-7H2,1-2H3,(H2,13,14,15). The summed E-state index contributed by atoms with van der Waals surface area (Å²) >= 11 is 0.